The van der Waals surface area contributed by atoms with Crippen molar-refractivity contribution in [3.63, 3.8) is 0 Å². The van der Waals surface area contributed by atoms with Crippen LogP contribution in [0.15, 0.2) is 12.4 Å². The van der Waals surface area contributed by atoms with Crippen LogP contribution in [0.2, 0.25) is 0 Å². The van der Waals surface area contributed by atoms with Crippen LogP contribution in [0.25, 0.3) is 0 Å². The fourth-order valence-corrected chi connectivity index (χ4v) is 2.03. The third-order valence-corrected chi connectivity index (χ3v) is 2.93. The summed E-state index contributed by atoms with van der Waals surface area (Å²) in [6.07, 6.45) is 6.72. The quantitative estimate of drug-likeness (QED) is 0.784. The highest BCUT2D eigenvalue weighted by Crippen LogP contribution is 2.29. The van der Waals surface area contributed by atoms with E-state index < -0.39 is 0 Å². The normalized spacial score (nSPS) is 25.2. The summed E-state index contributed by atoms with van der Waals surface area (Å²) in [6, 6.07) is 0. The summed E-state index contributed by atoms with van der Waals surface area (Å²) >= 11 is 0. The second-order valence-electron chi connectivity index (χ2n) is 4.35. The molecule has 0 amide bonds. The molecule has 1 aromatic heterocycles. The smallest absolute Gasteiger partial charge is 0.0751 e. The van der Waals surface area contributed by atoms with Crippen LogP contribution >= 0.6 is 0 Å². The summed E-state index contributed by atoms with van der Waals surface area (Å²) in [4.78, 5) is 0. The molecule has 84 valence electrons. The highest BCUT2D eigenvalue weighted by atomic mass is 16.5. The summed E-state index contributed by atoms with van der Waals surface area (Å²) in [5, 5.41) is 7.31. The van der Waals surface area contributed by atoms with E-state index in [0.29, 0.717) is 12.7 Å². The maximum Gasteiger partial charge on any atom is 0.0751 e. The minimum atomic E-state index is 0.462. The summed E-state index contributed by atoms with van der Waals surface area (Å²) in [5.41, 5.74) is 1.16. The summed E-state index contributed by atoms with van der Waals surface area (Å²) in [6.45, 7) is 1.82. The molecule has 1 aliphatic carbocycles. The van der Waals surface area contributed by atoms with E-state index in [-0.39, 0.29) is 0 Å². The molecule has 1 fully saturated rings. The van der Waals surface area contributed by atoms with Crippen LogP contribution in [0.4, 0.5) is 0 Å². The average Bonchev–Trinajstić information content (AvgIpc) is 2.55. The first-order valence-corrected chi connectivity index (χ1v) is 5.51. The van der Waals surface area contributed by atoms with Crippen molar-refractivity contribution < 1.29 is 4.74 Å². The first-order valence-electron chi connectivity index (χ1n) is 5.51. The van der Waals surface area contributed by atoms with Crippen LogP contribution < -0.4 is 5.32 Å². The second kappa shape index (κ2) is 4.77. The van der Waals surface area contributed by atoms with Gasteiger partial charge in [0.05, 0.1) is 18.9 Å². The molecule has 15 heavy (non-hydrogen) atoms. The van der Waals surface area contributed by atoms with E-state index in [1.165, 1.54) is 12.8 Å². The van der Waals surface area contributed by atoms with Gasteiger partial charge in [0.25, 0.3) is 0 Å². The molecule has 1 aromatic rings. The Labute approximate surface area is 90.6 Å². The Bertz CT molecular complexity index is 305. The van der Waals surface area contributed by atoms with Gasteiger partial charge in [-0.2, -0.15) is 5.10 Å². The van der Waals surface area contributed by atoms with Crippen LogP contribution in [-0.4, -0.2) is 29.5 Å². The topological polar surface area (TPSA) is 39.1 Å². The molecule has 0 bridgehead atoms. The van der Waals surface area contributed by atoms with Crippen molar-refractivity contribution in [2.45, 2.75) is 25.6 Å². The van der Waals surface area contributed by atoms with Crippen LogP contribution in [0, 0.1) is 5.92 Å². The van der Waals surface area contributed by atoms with Crippen LogP contribution in [0.3, 0.4) is 0 Å². The average molecular weight is 209 g/mol. The maximum atomic E-state index is 5.77. The van der Waals surface area contributed by atoms with Crippen LogP contribution in [-0.2, 0) is 18.4 Å². The zero-order valence-corrected chi connectivity index (χ0v) is 9.44. The van der Waals surface area contributed by atoms with Gasteiger partial charge < -0.3 is 10.1 Å². The first kappa shape index (κ1) is 10.6. The van der Waals surface area contributed by atoms with Crippen molar-refractivity contribution in [1.82, 2.24) is 15.1 Å². The number of hydrogen-bond donors (Lipinski definition) is 1. The molecule has 4 heteroatoms. The lowest BCUT2D eigenvalue weighted by molar-refractivity contribution is -0.0391. The zero-order valence-electron chi connectivity index (χ0n) is 9.44. The molecule has 4 nitrogen and oxygen atoms in total. The third kappa shape index (κ3) is 2.79. The van der Waals surface area contributed by atoms with E-state index in [9.17, 15) is 0 Å². The minimum Gasteiger partial charge on any atom is -0.373 e. The third-order valence-electron chi connectivity index (χ3n) is 2.93. The molecule has 0 atom stereocenters. The molecule has 2 rings (SSSR count). The van der Waals surface area contributed by atoms with Gasteiger partial charge >= 0.3 is 0 Å². The van der Waals surface area contributed by atoms with E-state index in [1.54, 1.807) is 0 Å². The first-order chi connectivity index (χ1) is 7.28. The fraction of sp³-hybridized carbons (Fsp3) is 0.727. The Balaban J connectivity index is 1.64. The van der Waals surface area contributed by atoms with Crippen LogP contribution in [0.1, 0.15) is 18.4 Å². The van der Waals surface area contributed by atoms with Gasteiger partial charge in [0.15, 0.2) is 0 Å². The molecule has 1 saturated carbocycles. The molecule has 0 aliphatic heterocycles. The Morgan fingerprint density at radius 1 is 1.60 bits per heavy atom. The van der Waals surface area contributed by atoms with E-state index in [0.717, 1.165) is 18.0 Å². The Hall–Kier alpha value is -0.870. The maximum absolute atomic E-state index is 5.77. The lowest BCUT2D eigenvalue weighted by Crippen LogP contribution is -2.36. The monoisotopic (exact) mass is 209 g/mol. The molecule has 0 spiro atoms. The molecule has 0 saturated heterocycles. The van der Waals surface area contributed by atoms with Crippen molar-refractivity contribution in [2.24, 2.45) is 13.0 Å². The largest absolute Gasteiger partial charge is 0.373 e. The van der Waals surface area contributed by atoms with Gasteiger partial charge in [-0.25, -0.2) is 0 Å². The molecular weight excluding hydrogens is 190 g/mol. The molecule has 0 aromatic carbocycles. The molecule has 0 unspecified atom stereocenters. The number of aryl methyl sites for hydroxylation is 1. The predicted octanol–water partition coefficient (Wildman–Crippen LogP) is 0.935. The fourth-order valence-electron chi connectivity index (χ4n) is 2.03. The van der Waals surface area contributed by atoms with E-state index in [2.05, 4.69) is 10.4 Å². The van der Waals surface area contributed by atoms with E-state index >= 15 is 0 Å². The number of aromatic nitrogens is 2. The Morgan fingerprint density at radius 2 is 2.40 bits per heavy atom. The predicted molar refractivity (Wildman–Crippen MR) is 58.4 cm³/mol. The van der Waals surface area contributed by atoms with Crippen molar-refractivity contribution >= 4 is 0 Å². The van der Waals surface area contributed by atoms with E-state index in [4.69, 9.17) is 4.74 Å². The lowest BCUT2D eigenvalue weighted by atomic mass is 9.82. The molecular formula is C11H19N3O. The molecule has 1 aliphatic rings. The van der Waals surface area contributed by atoms with Gasteiger partial charge in [-0.1, -0.05) is 0 Å². The highest BCUT2D eigenvalue weighted by Gasteiger charge is 2.28. The number of nitrogens with one attached hydrogen (secondary N) is 1. The number of nitrogens with zero attached hydrogens (tertiary/aromatic N) is 2. The van der Waals surface area contributed by atoms with E-state index in [1.807, 2.05) is 31.2 Å². The zero-order chi connectivity index (χ0) is 10.7. The molecule has 1 N–H and O–H groups in total. The molecule has 0 radical (unpaired) electrons. The van der Waals surface area contributed by atoms with Gasteiger partial charge in [0.1, 0.15) is 0 Å². The number of hydrogen-bond acceptors (Lipinski definition) is 3. The van der Waals surface area contributed by atoms with Gasteiger partial charge in [-0.3, -0.25) is 4.68 Å². The van der Waals surface area contributed by atoms with Gasteiger partial charge in [0.2, 0.25) is 0 Å². The van der Waals surface area contributed by atoms with Crippen LogP contribution in [0.5, 0.6) is 0 Å². The van der Waals surface area contributed by atoms with Crippen molar-refractivity contribution in [1.29, 1.82) is 0 Å². The summed E-state index contributed by atoms with van der Waals surface area (Å²) < 4.78 is 7.58. The minimum absolute atomic E-state index is 0.462. The summed E-state index contributed by atoms with van der Waals surface area (Å²) in [5.74, 6) is 0.814. The molecule has 1 heterocycles. The van der Waals surface area contributed by atoms with Gasteiger partial charge in [-0.15, -0.1) is 0 Å². The SMILES string of the molecule is CNCC1CC(OCc2cnn(C)c2)C1. The highest BCUT2D eigenvalue weighted by molar-refractivity contribution is 5.01. The number of rotatable bonds is 5. The Kier molecular flexibility index (Phi) is 3.38. The lowest BCUT2D eigenvalue weighted by Gasteiger charge is -2.34. The number of ether oxygens (including phenoxy) is 1. The van der Waals surface area contributed by atoms with Crippen molar-refractivity contribution in [2.75, 3.05) is 13.6 Å². The second-order valence-corrected chi connectivity index (χ2v) is 4.35. The van der Waals surface area contributed by atoms with Crippen molar-refractivity contribution in [3.05, 3.63) is 18.0 Å². The summed E-state index contributed by atoms with van der Waals surface area (Å²) in [7, 11) is 3.93. The Morgan fingerprint density at radius 3 is 3.00 bits per heavy atom. The van der Waals surface area contributed by atoms with Gasteiger partial charge in [0, 0.05) is 18.8 Å². The van der Waals surface area contributed by atoms with Crippen molar-refractivity contribution in [3.8, 4) is 0 Å². The standard InChI is InChI=1S/C11H19N3O/c1-12-5-9-3-11(4-9)15-8-10-6-13-14(2)7-10/h6-7,9,11-12H,3-5,8H2,1-2H3. The van der Waals surface area contributed by atoms with Gasteiger partial charge in [-0.05, 0) is 32.4 Å².